The van der Waals surface area contributed by atoms with Crippen molar-refractivity contribution in [3.05, 3.63) is 28.2 Å². The van der Waals surface area contributed by atoms with Crippen LogP contribution in [-0.4, -0.2) is 20.2 Å². The van der Waals surface area contributed by atoms with E-state index in [1.165, 1.54) is 5.56 Å². The minimum absolute atomic E-state index is 0.496. The molecule has 0 aliphatic carbocycles. The second-order valence-electron chi connectivity index (χ2n) is 3.36. The molecule has 0 amide bonds. The van der Waals surface area contributed by atoms with Gasteiger partial charge in [-0.1, -0.05) is 6.07 Å². The quantitative estimate of drug-likeness (QED) is 0.896. The molecule has 1 aromatic carbocycles. The number of hydrogen-bond donors (Lipinski definition) is 1. The van der Waals surface area contributed by atoms with Gasteiger partial charge in [0, 0.05) is 6.04 Å². The van der Waals surface area contributed by atoms with Crippen molar-refractivity contribution >= 4 is 15.9 Å². The van der Waals surface area contributed by atoms with E-state index in [1.807, 2.05) is 13.1 Å². The van der Waals surface area contributed by atoms with Crippen molar-refractivity contribution in [3.8, 4) is 5.75 Å². The van der Waals surface area contributed by atoms with Gasteiger partial charge in [-0.2, -0.15) is 0 Å². The van der Waals surface area contributed by atoms with Crippen molar-refractivity contribution < 1.29 is 4.74 Å². The molecule has 3 heteroatoms. The average molecular weight is 258 g/mol. The van der Waals surface area contributed by atoms with Gasteiger partial charge < -0.3 is 10.1 Å². The van der Waals surface area contributed by atoms with Gasteiger partial charge >= 0.3 is 0 Å². The van der Waals surface area contributed by atoms with Gasteiger partial charge in [-0.05, 0) is 54.0 Å². The SMILES string of the molecule is CNC(C)Cc1ccc(OC)c(Br)c1. The molecular weight excluding hydrogens is 242 g/mol. The lowest BCUT2D eigenvalue weighted by Crippen LogP contribution is -2.23. The Morgan fingerprint density at radius 1 is 1.50 bits per heavy atom. The highest BCUT2D eigenvalue weighted by Crippen LogP contribution is 2.25. The summed E-state index contributed by atoms with van der Waals surface area (Å²) in [5.74, 6) is 0.880. The highest BCUT2D eigenvalue weighted by atomic mass is 79.9. The molecular formula is C11H16BrNO. The monoisotopic (exact) mass is 257 g/mol. The lowest BCUT2D eigenvalue weighted by Gasteiger charge is -2.11. The first-order valence-corrected chi connectivity index (χ1v) is 5.46. The fraction of sp³-hybridized carbons (Fsp3) is 0.455. The molecule has 2 nitrogen and oxygen atoms in total. The summed E-state index contributed by atoms with van der Waals surface area (Å²) in [7, 11) is 3.65. The van der Waals surface area contributed by atoms with E-state index in [-0.39, 0.29) is 0 Å². The Hall–Kier alpha value is -0.540. The second-order valence-corrected chi connectivity index (χ2v) is 4.22. The number of halogens is 1. The number of likely N-dealkylation sites (N-methyl/N-ethyl adjacent to an activating group) is 1. The van der Waals surface area contributed by atoms with Crippen LogP contribution in [0.2, 0.25) is 0 Å². The number of benzene rings is 1. The van der Waals surface area contributed by atoms with E-state index in [1.54, 1.807) is 7.11 Å². The highest BCUT2D eigenvalue weighted by molar-refractivity contribution is 9.10. The maximum absolute atomic E-state index is 5.17. The number of ether oxygens (including phenoxy) is 1. The Kier molecular flexibility index (Phi) is 4.42. The Bertz CT molecular complexity index is 301. The zero-order valence-electron chi connectivity index (χ0n) is 8.80. The zero-order valence-corrected chi connectivity index (χ0v) is 10.4. The van der Waals surface area contributed by atoms with Crippen molar-refractivity contribution in [2.45, 2.75) is 19.4 Å². The first-order valence-electron chi connectivity index (χ1n) is 4.67. The Morgan fingerprint density at radius 2 is 2.21 bits per heavy atom. The Labute approximate surface area is 93.8 Å². The Balaban J connectivity index is 2.76. The topological polar surface area (TPSA) is 21.3 Å². The van der Waals surface area contributed by atoms with E-state index in [2.05, 4.69) is 40.3 Å². The average Bonchev–Trinajstić information content (AvgIpc) is 2.18. The second kappa shape index (κ2) is 5.37. The van der Waals surface area contributed by atoms with Gasteiger partial charge in [-0.3, -0.25) is 0 Å². The molecule has 1 unspecified atom stereocenters. The molecule has 0 saturated heterocycles. The molecule has 1 atom stereocenters. The van der Waals surface area contributed by atoms with Gasteiger partial charge in [0.2, 0.25) is 0 Å². The molecule has 0 aliphatic heterocycles. The molecule has 0 heterocycles. The predicted octanol–water partition coefficient (Wildman–Crippen LogP) is 2.61. The number of nitrogens with one attached hydrogen (secondary N) is 1. The van der Waals surface area contributed by atoms with E-state index in [4.69, 9.17) is 4.74 Å². The maximum Gasteiger partial charge on any atom is 0.133 e. The minimum Gasteiger partial charge on any atom is -0.496 e. The van der Waals surface area contributed by atoms with Crippen LogP contribution < -0.4 is 10.1 Å². The van der Waals surface area contributed by atoms with Crippen molar-refractivity contribution in [1.29, 1.82) is 0 Å². The van der Waals surface area contributed by atoms with Gasteiger partial charge in [0.05, 0.1) is 11.6 Å². The number of methoxy groups -OCH3 is 1. The molecule has 0 saturated carbocycles. The minimum atomic E-state index is 0.496. The van der Waals surface area contributed by atoms with Gasteiger partial charge in [0.25, 0.3) is 0 Å². The van der Waals surface area contributed by atoms with Crippen LogP contribution in [-0.2, 0) is 6.42 Å². The molecule has 0 aromatic heterocycles. The summed E-state index contributed by atoms with van der Waals surface area (Å²) in [5.41, 5.74) is 1.31. The van der Waals surface area contributed by atoms with Gasteiger partial charge in [0.1, 0.15) is 5.75 Å². The molecule has 0 fully saturated rings. The normalized spacial score (nSPS) is 12.6. The first-order chi connectivity index (χ1) is 6.67. The Morgan fingerprint density at radius 3 is 2.71 bits per heavy atom. The van der Waals surface area contributed by atoms with E-state index in [0.29, 0.717) is 6.04 Å². The van der Waals surface area contributed by atoms with Crippen molar-refractivity contribution in [2.24, 2.45) is 0 Å². The molecule has 78 valence electrons. The van der Waals surface area contributed by atoms with Crippen LogP contribution in [0.1, 0.15) is 12.5 Å². The molecule has 1 N–H and O–H groups in total. The molecule has 0 aliphatic rings. The molecule has 1 rings (SSSR count). The zero-order chi connectivity index (χ0) is 10.6. The molecule has 0 radical (unpaired) electrons. The molecule has 14 heavy (non-hydrogen) atoms. The van der Waals surface area contributed by atoms with Crippen molar-refractivity contribution in [2.75, 3.05) is 14.2 Å². The van der Waals surface area contributed by atoms with Crippen molar-refractivity contribution in [3.63, 3.8) is 0 Å². The third-order valence-corrected chi connectivity index (χ3v) is 2.87. The fourth-order valence-electron chi connectivity index (χ4n) is 1.29. The predicted molar refractivity (Wildman–Crippen MR) is 62.9 cm³/mol. The van der Waals surface area contributed by atoms with Gasteiger partial charge in [-0.15, -0.1) is 0 Å². The summed E-state index contributed by atoms with van der Waals surface area (Å²) in [4.78, 5) is 0. The van der Waals surface area contributed by atoms with E-state index >= 15 is 0 Å². The van der Waals surface area contributed by atoms with E-state index < -0.39 is 0 Å². The van der Waals surface area contributed by atoms with Crippen LogP contribution in [0, 0.1) is 0 Å². The first kappa shape index (κ1) is 11.5. The van der Waals surface area contributed by atoms with E-state index in [0.717, 1.165) is 16.6 Å². The number of hydrogen-bond acceptors (Lipinski definition) is 2. The third-order valence-electron chi connectivity index (χ3n) is 2.25. The lowest BCUT2D eigenvalue weighted by atomic mass is 10.1. The lowest BCUT2D eigenvalue weighted by molar-refractivity contribution is 0.412. The summed E-state index contributed by atoms with van der Waals surface area (Å²) in [6, 6.07) is 6.68. The van der Waals surface area contributed by atoms with Crippen LogP contribution in [0.5, 0.6) is 5.75 Å². The van der Waals surface area contributed by atoms with Gasteiger partial charge in [0.15, 0.2) is 0 Å². The largest absolute Gasteiger partial charge is 0.496 e. The molecule has 1 aromatic rings. The summed E-state index contributed by atoms with van der Waals surface area (Å²) < 4.78 is 6.18. The maximum atomic E-state index is 5.17. The van der Waals surface area contributed by atoms with Crippen LogP contribution in [0.25, 0.3) is 0 Å². The van der Waals surface area contributed by atoms with Crippen LogP contribution in [0.4, 0.5) is 0 Å². The van der Waals surface area contributed by atoms with Gasteiger partial charge in [-0.25, -0.2) is 0 Å². The van der Waals surface area contributed by atoms with Crippen LogP contribution in [0.15, 0.2) is 22.7 Å². The summed E-state index contributed by atoms with van der Waals surface area (Å²) >= 11 is 3.47. The molecule has 0 spiro atoms. The number of rotatable bonds is 4. The third kappa shape index (κ3) is 3.00. The fourth-order valence-corrected chi connectivity index (χ4v) is 1.88. The molecule has 0 bridgehead atoms. The summed E-state index contributed by atoms with van der Waals surface area (Å²) in [6.45, 7) is 2.16. The van der Waals surface area contributed by atoms with E-state index in [9.17, 15) is 0 Å². The summed E-state index contributed by atoms with van der Waals surface area (Å²) in [6.07, 6.45) is 1.03. The van der Waals surface area contributed by atoms with Crippen LogP contribution >= 0.6 is 15.9 Å². The van der Waals surface area contributed by atoms with Crippen LogP contribution in [0.3, 0.4) is 0 Å². The highest BCUT2D eigenvalue weighted by Gasteiger charge is 2.04. The smallest absolute Gasteiger partial charge is 0.133 e. The summed E-state index contributed by atoms with van der Waals surface area (Å²) in [5, 5.41) is 3.21. The standard InChI is InChI=1S/C11H16BrNO/c1-8(13-2)6-9-4-5-11(14-3)10(12)7-9/h4-5,7-8,13H,6H2,1-3H3. The van der Waals surface area contributed by atoms with Crippen molar-refractivity contribution in [1.82, 2.24) is 5.32 Å².